The molecule has 0 unspecified atom stereocenters. The maximum atomic E-state index is 10.8. The summed E-state index contributed by atoms with van der Waals surface area (Å²) in [6.07, 6.45) is 0. The third-order valence-electron chi connectivity index (χ3n) is 2.43. The molecule has 2 aromatic carbocycles. The molecule has 0 aliphatic heterocycles. The van der Waals surface area contributed by atoms with Crippen LogP contribution in [-0.2, 0) is 0 Å². The molecule has 0 fully saturated rings. The van der Waals surface area contributed by atoms with E-state index >= 15 is 0 Å². The fourth-order valence-corrected chi connectivity index (χ4v) is 1.93. The first kappa shape index (κ1) is 13.6. The molecule has 0 aliphatic carbocycles. The molecule has 7 heteroatoms. The molecule has 0 aliphatic rings. The third kappa shape index (κ3) is 3.55. The van der Waals surface area contributed by atoms with Crippen molar-refractivity contribution in [3.05, 3.63) is 56.1 Å². The molecule has 0 heterocycles. The van der Waals surface area contributed by atoms with Crippen molar-refractivity contribution < 1.29 is 4.92 Å². The highest BCUT2D eigenvalue weighted by Crippen LogP contribution is 2.26. The Morgan fingerprint density at radius 2 is 1.68 bits per heavy atom. The molecule has 98 valence electrons. The van der Waals surface area contributed by atoms with Crippen LogP contribution < -0.4 is 16.6 Å². The van der Waals surface area contributed by atoms with E-state index in [9.17, 15) is 10.1 Å². The zero-order chi connectivity index (χ0) is 13.8. The Kier molecular flexibility index (Phi) is 4.17. The van der Waals surface area contributed by atoms with Crippen molar-refractivity contribution in [3.8, 4) is 0 Å². The first-order valence-corrected chi connectivity index (χ1v) is 6.45. The second-order valence-corrected chi connectivity index (χ2v) is 5.05. The van der Waals surface area contributed by atoms with E-state index in [4.69, 9.17) is 5.84 Å². The number of benzene rings is 2. The second kappa shape index (κ2) is 5.85. The first-order chi connectivity index (χ1) is 9.08. The predicted octanol–water partition coefficient (Wildman–Crippen LogP) is 3.23. The number of nitrogens with one attached hydrogen (secondary N) is 2. The van der Waals surface area contributed by atoms with Crippen LogP contribution >= 0.6 is 22.6 Å². The lowest BCUT2D eigenvalue weighted by Crippen LogP contribution is -2.07. The number of nitrogens with zero attached hydrogens (tertiary/aromatic N) is 1. The third-order valence-corrected chi connectivity index (χ3v) is 3.15. The maximum Gasteiger partial charge on any atom is 0.273 e. The predicted molar refractivity (Wildman–Crippen MR) is 83.3 cm³/mol. The minimum Gasteiger partial charge on any atom is -0.355 e. The molecule has 2 rings (SSSR count). The number of nitrogen functional groups attached to an aromatic ring is 1. The van der Waals surface area contributed by atoms with Crippen molar-refractivity contribution in [3.63, 3.8) is 0 Å². The van der Waals surface area contributed by atoms with Crippen LogP contribution in [0.4, 0.5) is 22.7 Å². The van der Waals surface area contributed by atoms with Gasteiger partial charge in [0.25, 0.3) is 5.69 Å². The highest BCUT2D eigenvalue weighted by atomic mass is 127. The largest absolute Gasteiger partial charge is 0.355 e. The van der Waals surface area contributed by atoms with Crippen LogP contribution in [0.1, 0.15) is 0 Å². The number of hydrazine groups is 1. The molecule has 4 N–H and O–H groups in total. The summed E-state index contributed by atoms with van der Waals surface area (Å²) in [6, 6.07) is 12.2. The van der Waals surface area contributed by atoms with E-state index in [1.807, 2.05) is 24.3 Å². The Morgan fingerprint density at radius 3 is 2.26 bits per heavy atom. The van der Waals surface area contributed by atoms with Gasteiger partial charge in [0.15, 0.2) is 0 Å². The fraction of sp³-hybridized carbons (Fsp3) is 0. The Hall–Kier alpha value is -1.87. The lowest BCUT2D eigenvalue weighted by Gasteiger charge is -2.08. The number of non-ortho nitro benzene ring substituents is 1. The van der Waals surface area contributed by atoms with Crippen molar-refractivity contribution >= 4 is 45.3 Å². The average Bonchev–Trinajstić information content (AvgIpc) is 2.41. The van der Waals surface area contributed by atoms with Crippen molar-refractivity contribution in [2.45, 2.75) is 0 Å². The standard InChI is InChI=1S/C12H11IN4O2/c13-8-1-3-9(4-2-8)15-10-5-11(16-14)7-12(6-10)17(18)19/h1-7,15-16H,14H2. The summed E-state index contributed by atoms with van der Waals surface area (Å²) in [5.41, 5.74) is 4.31. The van der Waals surface area contributed by atoms with E-state index in [0.29, 0.717) is 11.4 Å². The summed E-state index contributed by atoms with van der Waals surface area (Å²) in [7, 11) is 0. The van der Waals surface area contributed by atoms with Gasteiger partial charge in [0.05, 0.1) is 10.6 Å². The smallest absolute Gasteiger partial charge is 0.273 e. The summed E-state index contributed by atoms with van der Waals surface area (Å²) in [4.78, 5) is 10.4. The number of nitrogens with two attached hydrogens (primary N) is 1. The van der Waals surface area contributed by atoms with Crippen LogP contribution in [0.15, 0.2) is 42.5 Å². The van der Waals surface area contributed by atoms with Crippen LogP contribution in [0.3, 0.4) is 0 Å². The quantitative estimate of drug-likeness (QED) is 0.333. The Labute approximate surface area is 123 Å². The Balaban J connectivity index is 2.31. The summed E-state index contributed by atoms with van der Waals surface area (Å²) < 4.78 is 1.12. The molecule has 0 bridgehead atoms. The topological polar surface area (TPSA) is 93.2 Å². The zero-order valence-electron chi connectivity index (χ0n) is 9.76. The van der Waals surface area contributed by atoms with Gasteiger partial charge in [0, 0.05) is 27.1 Å². The normalized spacial score (nSPS) is 10.0. The molecule has 0 atom stereocenters. The van der Waals surface area contributed by atoms with Gasteiger partial charge < -0.3 is 10.7 Å². The van der Waals surface area contributed by atoms with Crippen molar-refractivity contribution in [1.82, 2.24) is 0 Å². The molecule has 2 aromatic rings. The van der Waals surface area contributed by atoms with E-state index in [1.165, 1.54) is 12.1 Å². The summed E-state index contributed by atoms with van der Waals surface area (Å²) >= 11 is 2.21. The number of hydrogen-bond donors (Lipinski definition) is 3. The van der Waals surface area contributed by atoms with E-state index in [-0.39, 0.29) is 5.69 Å². The fourth-order valence-electron chi connectivity index (χ4n) is 1.57. The zero-order valence-corrected chi connectivity index (χ0v) is 11.9. The minimum absolute atomic E-state index is 0.0246. The van der Waals surface area contributed by atoms with E-state index in [0.717, 1.165) is 9.26 Å². The van der Waals surface area contributed by atoms with Gasteiger partial charge in [-0.15, -0.1) is 0 Å². The molecule has 0 spiro atoms. The number of halogens is 1. The Bertz CT molecular complexity index is 601. The van der Waals surface area contributed by atoms with Crippen molar-refractivity contribution in [1.29, 1.82) is 0 Å². The van der Waals surface area contributed by atoms with Crippen LogP contribution in [0.25, 0.3) is 0 Å². The number of rotatable bonds is 4. The molecular formula is C12H11IN4O2. The number of anilines is 3. The van der Waals surface area contributed by atoms with Crippen LogP contribution in [0.5, 0.6) is 0 Å². The van der Waals surface area contributed by atoms with E-state index in [2.05, 4.69) is 33.3 Å². The molecule has 19 heavy (non-hydrogen) atoms. The molecule has 0 saturated carbocycles. The monoisotopic (exact) mass is 370 g/mol. The van der Waals surface area contributed by atoms with Gasteiger partial charge in [-0.1, -0.05) is 0 Å². The number of nitro groups is 1. The van der Waals surface area contributed by atoms with Crippen LogP contribution in [0.2, 0.25) is 0 Å². The lowest BCUT2D eigenvalue weighted by molar-refractivity contribution is -0.384. The molecule has 0 aromatic heterocycles. The molecule has 6 nitrogen and oxygen atoms in total. The highest BCUT2D eigenvalue weighted by molar-refractivity contribution is 14.1. The van der Waals surface area contributed by atoms with E-state index < -0.39 is 4.92 Å². The second-order valence-electron chi connectivity index (χ2n) is 3.80. The van der Waals surface area contributed by atoms with Crippen molar-refractivity contribution in [2.75, 3.05) is 10.7 Å². The maximum absolute atomic E-state index is 10.8. The molecule has 0 saturated heterocycles. The van der Waals surface area contributed by atoms with Gasteiger partial charge in [-0.3, -0.25) is 16.0 Å². The van der Waals surface area contributed by atoms with Gasteiger partial charge in [0.1, 0.15) is 0 Å². The average molecular weight is 370 g/mol. The number of hydrogen-bond acceptors (Lipinski definition) is 5. The lowest BCUT2D eigenvalue weighted by atomic mass is 10.2. The van der Waals surface area contributed by atoms with Crippen LogP contribution in [0, 0.1) is 13.7 Å². The van der Waals surface area contributed by atoms with Gasteiger partial charge in [0.2, 0.25) is 0 Å². The minimum atomic E-state index is -0.458. The van der Waals surface area contributed by atoms with Gasteiger partial charge >= 0.3 is 0 Å². The molecule has 0 amide bonds. The molecular weight excluding hydrogens is 359 g/mol. The van der Waals surface area contributed by atoms with Gasteiger partial charge in [-0.2, -0.15) is 0 Å². The number of nitro benzene ring substituents is 1. The first-order valence-electron chi connectivity index (χ1n) is 5.37. The SMILES string of the molecule is NNc1cc(Nc2ccc(I)cc2)cc([N+](=O)[O-])c1. The summed E-state index contributed by atoms with van der Waals surface area (Å²) in [5.74, 6) is 5.30. The molecule has 0 radical (unpaired) electrons. The van der Waals surface area contributed by atoms with E-state index in [1.54, 1.807) is 6.07 Å². The Morgan fingerprint density at radius 1 is 1.05 bits per heavy atom. The van der Waals surface area contributed by atoms with Gasteiger partial charge in [-0.25, -0.2) is 0 Å². The summed E-state index contributed by atoms with van der Waals surface area (Å²) in [5, 5.41) is 13.9. The van der Waals surface area contributed by atoms with Crippen LogP contribution in [-0.4, -0.2) is 4.92 Å². The summed E-state index contributed by atoms with van der Waals surface area (Å²) in [6.45, 7) is 0. The van der Waals surface area contributed by atoms with Gasteiger partial charge in [-0.05, 0) is 52.9 Å². The highest BCUT2D eigenvalue weighted by Gasteiger charge is 2.09. The van der Waals surface area contributed by atoms with Crippen molar-refractivity contribution in [2.24, 2.45) is 5.84 Å².